The average Bonchev–Trinajstić information content (AvgIpc) is 2.11. The Kier molecular flexibility index (Phi) is 3.69. The van der Waals surface area contributed by atoms with Crippen LogP contribution in [0.5, 0.6) is 0 Å². The molecule has 1 amide bonds. The van der Waals surface area contributed by atoms with Crippen molar-refractivity contribution in [1.29, 1.82) is 0 Å². The average molecular weight is 236 g/mol. The van der Waals surface area contributed by atoms with Gasteiger partial charge in [-0.25, -0.2) is 8.42 Å². The molecule has 6 nitrogen and oxygen atoms in total. The number of amides is 1. The number of nitrogens with one attached hydrogen (secondary N) is 2. The van der Waals surface area contributed by atoms with Crippen LogP contribution in [-0.4, -0.2) is 45.4 Å². The number of hydrogen-bond acceptors (Lipinski definition) is 5. The van der Waals surface area contributed by atoms with Crippen LogP contribution in [0.1, 0.15) is 13.8 Å². The minimum Gasteiger partial charge on any atom is -0.363 e. The number of sulfonamides is 1. The molecule has 0 radical (unpaired) electrons. The van der Waals surface area contributed by atoms with Crippen LogP contribution in [0.2, 0.25) is 0 Å². The molecule has 0 unspecified atom stereocenters. The molecule has 1 heterocycles. The first-order valence-electron chi connectivity index (χ1n) is 4.75. The van der Waals surface area contributed by atoms with Crippen molar-refractivity contribution in [3.8, 4) is 0 Å². The molecule has 0 atom stereocenters. The Bertz CT molecular complexity index is 335. The SMILES string of the molecule is CCS(=O)(=O)NC(=O)COC1(C)CNC1. The van der Waals surface area contributed by atoms with E-state index in [9.17, 15) is 13.2 Å². The Morgan fingerprint density at radius 3 is 2.53 bits per heavy atom. The number of carbonyl (C=O) groups excluding carboxylic acids is 1. The minimum absolute atomic E-state index is 0.114. The second-order valence-electron chi connectivity index (χ2n) is 3.77. The molecule has 0 saturated carbocycles. The maximum absolute atomic E-state index is 11.2. The molecule has 1 aliphatic heterocycles. The van der Waals surface area contributed by atoms with Gasteiger partial charge in [0, 0.05) is 13.1 Å². The van der Waals surface area contributed by atoms with Crippen molar-refractivity contribution >= 4 is 15.9 Å². The van der Waals surface area contributed by atoms with Gasteiger partial charge < -0.3 is 10.1 Å². The molecule has 1 rings (SSSR count). The summed E-state index contributed by atoms with van der Waals surface area (Å²) in [4.78, 5) is 11.2. The third kappa shape index (κ3) is 3.77. The third-order valence-corrected chi connectivity index (χ3v) is 3.50. The predicted molar refractivity (Wildman–Crippen MR) is 54.8 cm³/mol. The van der Waals surface area contributed by atoms with Gasteiger partial charge >= 0.3 is 0 Å². The normalized spacial score (nSPS) is 19.3. The van der Waals surface area contributed by atoms with Crippen LogP contribution in [0.25, 0.3) is 0 Å². The van der Waals surface area contributed by atoms with Crippen molar-refractivity contribution in [2.24, 2.45) is 0 Å². The van der Waals surface area contributed by atoms with Crippen molar-refractivity contribution in [2.75, 3.05) is 25.4 Å². The van der Waals surface area contributed by atoms with Crippen molar-refractivity contribution in [3.63, 3.8) is 0 Å². The van der Waals surface area contributed by atoms with Gasteiger partial charge in [-0.2, -0.15) is 0 Å². The molecule has 7 heteroatoms. The number of carbonyl (C=O) groups is 1. The molecule has 88 valence electrons. The monoisotopic (exact) mass is 236 g/mol. The molecule has 2 N–H and O–H groups in total. The molecular weight excluding hydrogens is 220 g/mol. The highest BCUT2D eigenvalue weighted by molar-refractivity contribution is 7.90. The fourth-order valence-electron chi connectivity index (χ4n) is 1.09. The smallest absolute Gasteiger partial charge is 0.259 e. The molecule has 0 spiro atoms. The highest BCUT2D eigenvalue weighted by atomic mass is 32.2. The van der Waals surface area contributed by atoms with E-state index in [1.807, 2.05) is 11.6 Å². The number of ether oxygens (including phenoxy) is 1. The van der Waals surface area contributed by atoms with Gasteiger partial charge in [0.25, 0.3) is 5.91 Å². The summed E-state index contributed by atoms with van der Waals surface area (Å²) in [5, 5.41) is 3.01. The van der Waals surface area contributed by atoms with E-state index in [1.54, 1.807) is 0 Å². The maximum atomic E-state index is 11.2. The van der Waals surface area contributed by atoms with Crippen LogP contribution in [0.3, 0.4) is 0 Å². The van der Waals surface area contributed by atoms with Crippen LogP contribution < -0.4 is 10.0 Å². The molecule has 1 saturated heterocycles. The van der Waals surface area contributed by atoms with E-state index < -0.39 is 15.9 Å². The Balaban J connectivity index is 2.31. The highest BCUT2D eigenvalue weighted by Gasteiger charge is 2.33. The fourth-order valence-corrected chi connectivity index (χ4v) is 1.64. The molecule has 0 aromatic rings. The van der Waals surface area contributed by atoms with E-state index in [4.69, 9.17) is 4.74 Å². The summed E-state index contributed by atoms with van der Waals surface area (Å²) in [6.45, 7) is 4.47. The summed E-state index contributed by atoms with van der Waals surface area (Å²) in [7, 11) is -3.47. The van der Waals surface area contributed by atoms with Crippen LogP contribution in [0.4, 0.5) is 0 Å². The molecule has 0 bridgehead atoms. The van der Waals surface area contributed by atoms with E-state index in [0.29, 0.717) is 13.1 Å². The predicted octanol–water partition coefficient (Wildman–Crippen LogP) is -1.17. The molecule has 0 aromatic carbocycles. The second-order valence-corrected chi connectivity index (χ2v) is 5.78. The lowest BCUT2D eigenvalue weighted by molar-refractivity contribution is -0.134. The largest absolute Gasteiger partial charge is 0.363 e. The van der Waals surface area contributed by atoms with Crippen molar-refractivity contribution in [1.82, 2.24) is 10.0 Å². The standard InChI is InChI=1S/C8H16N2O4S/c1-3-15(12,13)10-7(11)4-14-8(2)5-9-6-8/h9H,3-6H2,1-2H3,(H,10,11). The maximum Gasteiger partial charge on any atom is 0.259 e. The Labute approximate surface area is 89.4 Å². The van der Waals surface area contributed by atoms with Gasteiger partial charge in [0.1, 0.15) is 6.61 Å². The topological polar surface area (TPSA) is 84.5 Å². The van der Waals surface area contributed by atoms with Crippen molar-refractivity contribution in [2.45, 2.75) is 19.4 Å². The molecule has 15 heavy (non-hydrogen) atoms. The van der Waals surface area contributed by atoms with Gasteiger partial charge in [0.15, 0.2) is 0 Å². The molecule has 0 aliphatic carbocycles. The fraction of sp³-hybridized carbons (Fsp3) is 0.875. The molecular formula is C8H16N2O4S. The van der Waals surface area contributed by atoms with E-state index in [-0.39, 0.29) is 18.0 Å². The summed E-state index contributed by atoms with van der Waals surface area (Å²) in [6, 6.07) is 0. The second kappa shape index (κ2) is 4.46. The van der Waals surface area contributed by atoms with Crippen molar-refractivity contribution in [3.05, 3.63) is 0 Å². The third-order valence-electron chi connectivity index (χ3n) is 2.20. The highest BCUT2D eigenvalue weighted by Crippen LogP contribution is 2.14. The van der Waals surface area contributed by atoms with Gasteiger partial charge in [0.2, 0.25) is 10.0 Å². The number of rotatable bonds is 5. The first kappa shape index (κ1) is 12.4. The quantitative estimate of drug-likeness (QED) is 0.628. The van der Waals surface area contributed by atoms with Crippen LogP contribution in [0.15, 0.2) is 0 Å². The van der Waals surface area contributed by atoms with Crippen LogP contribution >= 0.6 is 0 Å². The van der Waals surface area contributed by atoms with Gasteiger partial charge in [0.05, 0.1) is 11.4 Å². The van der Waals surface area contributed by atoms with Crippen molar-refractivity contribution < 1.29 is 17.9 Å². The van der Waals surface area contributed by atoms with E-state index >= 15 is 0 Å². The lowest BCUT2D eigenvalue weighted by Crippen LogP contribution is -2.59. The van der Waals surface area contributed by atoms with Crippen LogP contribution in [0, 0.1) is 0 Å². The lowest BCUT2D eigenvalue weighted by atomic mass is 10.0. The van der Waals surface area contributed by atoms with Gasteiger partial charge in [-0.15, -0.1) is 0 Å². The van der Waals surface area contributed by atoms with E-state index in [1.165, 1.54) is 6.92 Å². The first-order chi connectivity index (χ1) is 6.87. The summed E-state index contributed by atoms with van der Waals surface area (Å²) in [5.41, 5.74) is -0.340. The Hall–Kier alpha value is -0.660. The Morgan fingerprint density at radius 2 is 2.13 bits per heavy atom. The minimum atomic E-state index is -3.47. The molecule has 0 aromatic heterocycles. The Morgan fingerprint density at radius 1 is 1.53 bits per heavy atom. The lowest BCUT2D eigenvalue weighted by Gasteiger charge is -2.38. The first-order valence-corrected chi connectivity index (χ1v) is 6.40. The molecule has 1 aliphatic rings. The van der Waals surface area contributed by atoms with Gasteiger partial charge in [-0.3, -0.25) is 9.52 Å². The van der Waals surface area contributed by atoms with Gasteiger partial charge in [-0.05, 0) is 13.8 Å². The zero-order valence-corrected chi connectivity index (χ0v) is 9.69. The summed E-state index contributed by atoms with van der Waals surface area (Å²) in [5.74, 6) is -0.734. The molecule has 1 fully saturated rings. The number of hydrogen-bond donors (Lipinski definition) is 2. The van der Waals surface area contributed by atoms with Crippen LogP contribution in [-0.2, 0) is 19.6 Å². The summed E-state index contributed by atoms with van der Waals surface area (Å²) in [6.07, 6.45) is 0. The summed E-state index contributed by atoms with van der Waals surface area (Å²) < 4.78 is 29.2. The summed E-state index contributed by atoms with van der Waals surface area (Å²) >= 11 is 0. The van der Waals surface area contributed by atoms with E-state index in [0.717, 1.165) is 0 Å². The van der Waals surface area contributed by atoms with Gasteiger partial charge in [-0.1, -0.05) is 0 Å². The zero-order valence-electron chi connectivity index (χ0n) is 8.87. The van der Waals surface area contributed by atoms with E-state index in [2.05, 4.69) is 5.32 Å². The zero-order chi connectivity index (χ0) is 11.5.